The van der Waals surface area contributed by atoms with E-state index in [1.807, 2.05) is 5.32 Å². The zero-order valence-electron chi connectivity index (χ0n) is 8.86. The van der Waals surface area contributed by atoms with Gasteiger partial charge in [-0.3, -0.25) is 5.32 Å². The number of aliphatic hydroxyl groups excluding tert-OH is 1. The molecule has 0 saturated carbocycles. The first-order chi connectivity index (χ1) is 8.24. The van der Waals surface area contributed by atoms with E-state index in [2.05, 4.69) is 0 Å². The van der Waals surface area contributed by atoms with Gasteiger partial charge in [-0.1, -0.05) is 0 Å². The third kappa shape index (κ3) is 3.88. The molecule has 0 aromatic heterocycles. The molecular weight excluding hydrogens is 264 g/mol. The summed E-state index contributed by atoms with van der Waals surface area (Å²) in [6, 6.07) is -0.848. The van der Waals surface area contributed by atoms with E-state index in [-0.39, 0.29) is 6.07 Å². The summed E-state index contributed by atoms with van der Waals surface area (Å²) in [7, 11) is 0. The van der Waals surface area contributed by atoms with Gasteiger partial charge in [-0.25, -0.2) is 13.2 Å². The number of rotatable bonds is 4. The van der Waals surface area contributed by atoms with E-state index in [0.29, 0.717) is 6.07 Å². The summed E-state index contributed by atoms with van der Waals surface area (Å²) in [5.41, 5.74) is -0.569. The molecule has 0 aliphatic heterocycles. The third-order valence-corrected chi connectivity index (χ3v) is 2.15. The molecule has 8 heteroatoms. The molecule has 0 fully saturated rings. The maximum Gasteiger partial charge on any atom is 0.401 e. The van der Waals surface area contributed by atoms with Crippen LogP contribution in [0.5, 0.6) is 0 Å². The number of hydrogen-bond acceptors (Lipinski definition) is 2. The first-order valence-corrected chi connectivity index (χ1v) is 4.80. The summed E-state index contributed by atoms with van der Waals surface area (Å²) >= 11 is 0. The predicted octanol–water partition coefficient (Wildman–Crippen LogP) is 2.29. The van der Waals surface area contributed by atoms with E-state index in [9.17, 15) is 26.3 Å². The van der Waals surface area contributed by atoms with Crippen molar-refractivity contribution in [3.8, 4) is 0 Å². The van der Waals surface area contributed by atoms with E-state index in [0.717, 1.165) is 0 Å². The van der Waals surface area contributed by atoms with Gasteiger partial charge in [0.25, 0.3) is 0 Å². The van der Waals surface area contributed by atoms with Crippen molar-refractivity contribution in [3.05, 3.63) is 35.1 Å². The van der Waals surface area contributed by atoms with Gasteiger partial charge in [0.15, 0.2) is 11.6 Å². The topological polar surface area (TPSA) is 32.3 Å². The smallest absolute Gasteiger partial charge is 0.394 e. The highest BCUT2D eigenvalue weighted by Crippen LogP contribution is 2.22. The van der Waals surface area contributed by atoms with Crippen molar-refractivity contribution in [1.82, 2.24) is 5.32 Å². The fraction of sp³-hybridized carbons (Fsp3) is 0.400. The van der Waals surface area contributed by atoms with Gasteiger partial charge in [0, 0.05) is 11.6 Å². The minimum absolute atomic E-state index is 0.211. The molecule has 0 aliphatic carbocycles. The molecule has 2 nitrogen and oxygen atoms in total. The second-order valence-electron chi connectivity index (χ2n) is 3.52. The van der Waals surface area contributed by atoms with Crippen LogP contribution in [-0.2, 0) is 0 Å². The molecule has 1 aromatic rings. The molecule has 1 aromatic carbocycles. The Hall–Kier alpha value is -1.28. The molecule has 102 valence electrons. The molecule has 0 spiro atoms. The van der Waals surface area contributed by atoms with Gasteiger partial charge in [0.2, 0.25) is 0 Å². The van der Waals surface area contributed by atoms with Crippen LogP contribution in [0.25, 0.3) is 0 Å². The molecule has 0 bridgehead atoms. The van der Waals surface area contributed by atoms with Gasteiger partial charge in [-0.15, -0.1) is 0 Å². The Morgan fingerprint density at radius 3 is 2.11 bits per heavy atom. The first kappa shape index (κ1) is 14.8. The van der Waals surface area contributed by atoms with Gasteiger partial charge in [-0.05, 0) is 6.07 Å². The van der Waals surface area contributed by atoms with Crippen LogP contribution >= 0.6 is 0 Å². The minimum atomic E-state index is -4.57. The summed E-state index contributed by atoms with van der Waals surface area (Å²) in [6.07, 6.45) is -4.57. The van der Waals surface area contributed by atoms with Gasteiger partial charge in [0.1, 0.15) is 5.82 Å². The first-order valence-electron chi connectivity index (χ1n) is 4.80. The second-order valence-corrected chi connectivity index (χ2v) is 3.52. The fourth-order valence-electron chi connectivity index (χ4n) is 1.32. The van der Waals surface area contributed by atoms with Gasteiger partial charge < -0.3 is 5.11 Å². The average molecular weight is 273 g/mol. The molecule has 0 heterocycles. The number of benzene rings is 1. The van der Waals surface area contributed by atoms with Crippen molar-refractivity contribution in [2.45, 2.75) is 12.2 Å². The zero-order valence-corrected chi connectivity index (χ0v) is 8.86. The lowest BCUT2D eigenvalue weighted by Gasteiger charge is -2.18. The average Bonchev–Trinajstić information content (AvgIpc) is 2.24. The number of hydrogen-bond donors (Lipinski definition) is 2. The van der Waals surface area contributed by atoms with Gasteiger partial charge in [0.05, 0.1) is 19.2 Å². The normalized spacial score (nSPS) is 13.7. The van der Waals surface area contributed by atoms with E-state index >= 15 is 0 Å². The van der Waals surface area contributed by atoms with Crippen LogP contribution in [-0.4, -0.2) is 24.4 Å². The van der Waals surface area contributed by atoms with Crippen molar-refractivity contribution < 1.29 is 31.4 Å². The van der Waals surface area contributed by atoms with Gasteiger partial charge in [-0.2, -0.15) is 13.2 Å². The zero-order chi connectivity index (χ0) is 13.9. The molecular formula is C10H9F6NO. The fourth-order valence-corrected chi connectivity index (χ4v) is 1.32. The Kier molecular flexibility index (Phi) is 4.58. The number of aliphatic hydroxyl groups is 1. The van der Waals surface area contributed by atoms with Crippen LogP contribution in [0.2, 0.25) is 0 Å². The summed E-state index contributed by atoms with van der Waals surface area (Å²) in [6.45, 7) is -2.38. The molecule has 18 heavy (non-hydrogen) atoms. The minimum Gasteiger partial charge on any atom is -0.394 e. The van der Waals surface area contributed by atoms with Crippen molar-refractivity contribution in [2.75, 3.05) is 13.2 Å². The Morgan fingerprint density at radius 2 is 1.61 bits per heavy atom. The standard InChI is InChI=1S/C10H9F6NO/c11-6-2-8(13)7(12)1-5(6)9(3-18)17-4-10(14,15)16/h1-2,9,17-18H,3-4H2. The number of alkyl halides is 3. The van der Waals surface area contributed by atoms with E-state index in [1.165, 1.54) is 0 Å². The molecule has 0 aliphatic rings. The lowest BCUT2D eigenvalue weighted by molar-refractivity contribution is -0.126. The number of nitrogens with one attached hydrogen (secondary N) is 1. The highest BCUT2D eigenvalue weighted by molar-refractivity contribution is 5.23. The maximum atomic E-state index is 13.2. The van der Waals surface area contributed by atoms with Crippen LogP contribution < -0.4 is 5.32 Å². The molecule has 1 atom stereocenters. The quantitative estimate of drug-likeness (QED) is 0.651. The second kappa shape index (κ2) is 5.57. The highest BCUT2D eigenvalue weighted by Gasteiger charge is 2.29. The van der Waals surface area contributed by atoms with Crippen LogP contribution in [0.15, 0.2) is 12.1 Å². The van der Waals surface area contributed by atoms with Crippen molar-refractivity contribution >= 4 is 0 Å². The van der Waals surface area contributed by atoms with Gasteiger partial charge >= 0.3 is 6.18 Å². The Bertz CT molecular complexity index is 420. The maximum absolute atomic E-state index is 13.2. The van der Waals surface area contributed by atoms with Crippen molar-refractivity contribution in [1.29, 1.82) is 0 Å². The summed E-state index contributed by atoms with van der Waals surface area (Å²) in [5.74, 6) is -4.09. The van der Waals surface area contributed by atoms with Crippen LogP contribution in [0, 0.1) is 17.5 Å². The lowest BCUT2D eigenvalue weighted by atomic mass is 10.1. The van der Waals surface area contributed by atoms with E-state index in [1.54, 1.807) is 0 Å². The summed E-state index contributed by atoms with van der Waals surface area (Å²) in [4.78, 5) is 0. The van der Waals surface area contributed by atoms with Crippen LogP contribution in [0.4, 0.5) is 26.3 Å². The molecule has 1 unspecified atom stereocenters. The summed E-state index contributed by atoms with van der Waals surface area (Å²) < 4.78 is 74.5. The Morgan fingerprint density at radius 1 is 1.06 bits per heavy atom. The Balaban J connectivity index is 2.92. The highest BCUT2D eigenvalue weighted by atomic mass is 19.4. The third-order valence-electron chi connectivity index (χ3n) is 2.15. The molecule has 0 saturated heterocycles. The Labute approximate surface area is 98.2 Å². The molecule has 1 rings (SSSR count). The lowest BCUT2D eigenvalue weighted by Crippen LogP contribution is -2.34. The SMILES string of the molecule is OCC(NCC(F)(F)F)c1cc(F)c(F)cc1F. The van der Waals surface area contributed by atoms with Crippen molar-refractivity contribution in [3.63, 3.8) is 0 Å². The monoisotopic (exact) mass is 273 g/mol. The van der Waals surface area contributed by atoms with Crippen LogP contribution in [0.3, 0.4) is 0 Å². The largest absolute Gasteiger partial charge is 0.401 e. The molecule has 0 radical (unpaired) electrons. The van der Waals surface area contributed by atoms with E-state index in [4.69, 9.17) is 5.11 Å². The molecule has 0 amide bonds. The summed E-state index contributed by atoms with van der Waals surface area (Å²) in [5, 5.41) is 10.7. The number of halogens is 6. The van der Waals surface area contributed by atoms with Crippen molar-refractivity contribution in [2.24, 2.45) is 0 Å². The van der Waals surface area contributed by atoms with Crippen LogP contribution in [0.1, 0.15) is 11.6 Å². The predicted molar refractivity (Wildman–Crippen MR) is 50.2 cm³/mol. The molecule has 2 N–H and O–H groups in total. The van der Waals surface area contributed by atoms with E-state index < -0.39 is 48.4 Å².